The molecule has 1 fully saturated rings. The highest BCUT2D eigenvalue weighted by Gasteiger charge is 2.16. The van der Waals surface area contributed by atoms with Gasteiger partial charge in [-0.2, -0.15) is 0 Å². The first-order chi connectivity index (χ1) is 8.66. The van der Waals surface area contributed by atoms with Crippen LogP contribution in [0.5, 0.6) is 0 Å². The van der Waals surface area contributed by atoms with Gasteiger partial charge < -0.3 is 4.74 Å². The predicted molar refractivity (Wildman–Crippen MR) is 68.3 cm³/mol. The van der Waals surface area contributed by atoms with E-state index in [1.54, 1.807) is 19.1 Å². The van der Waals surface area contributed by atoms with Crippen LogP contribution in [-0.2, 0) is 4.74 Å². The molecule has 0 spiro atoms. The van der Waals surface area contributed by atoms with Crippen LogP contribution in [0.3, 0.4) is 0 Å². The van der Waals surface area contributed by atoms with Crippen LogP contribution in [0.1, 0.15) is 48.0 Å². The number of Topliss-reactive ketones (excluding diaryl/α,β-unsaturated/α-hetero) is 1. The van der Waals surface area contributed by atoms with Crippen molar-refractivity contribution in [2.75, 3.05) is 6.61 Å². The van der Waals surface area contributed by atoms with E-state index in [9.17, 15) is 9.18 Å². The minimum absolute atomic E-state index is 0.0203. The van der Waals surface area contributed by atoms with Crippen LogP contribution < -0.4 is 0 Å². The number of halogens is 1. The topological polar surface area (TPSA) is 26.3 Å². The monoisotopic (exact) mass is 250 g/mol. The van der Waals surface area contributed by atoms with E-state index in [0.29, 0.717) is 23.7 Å². The molecule has 3 heteroatoms. The van der Waals surface area contributed by atoms with Gasteiger partial charge in [0.15, 0.2) is 5.78 Å². The molecule has 0 N–H and O–H groups in total. The van der Waals surface area contributed by atoms with E-state index in [-0.39, 0.29) is 11.6 Å². The number of hydrogen-bond donors (Lipinski definition) is 0. The second-order valence-electron chi connectivity index (χ2n) is 4.91. The van der Waals surface area contributed by atoms with Gasteiger partial charge in [0.25, 0.3) is 0 Å². The van der Waals surface area contributed by atoms with Gasteiger partial charge in [-0.25, -0.2) is 4.39 Å². The molecule has 0 amide bonds. The fourth-order valence-electron chi connectivity index (χ4n) is 2.27. The average Bonchev–Trinajstić information content (AvgIpc) is 2.85. The Balaban J connectivity index is 1.81. The molecule has 1 aromatic carbocycles. The number of rotatable bonds is 5. The van der Waals surface area contributed by atoms with Gasteiger partial charge in [0.2, 0.25) is 0 Å². The fourth-order valence-corrected chi connectivity index (χ4v) is 2.27. The summed E-state index contributed by atoms with van der Waals surface area (Å²) in [5.74, 6) is -0.285. The molecule has 0 aliphatic carbocycles. The molecule has 0 saturated carbocycles. The number of benzene rings is 1. The van der Waals surface area contributed by atoms with Crippen molar-refractivity contribution in [2.24, 2.45) is 0 Å². The zero-order valence-electron chi connectivity index (χ0n) is 10.7. The maximum absolute atomic E-state index is 13.3. The van der Waals surface area contributed by atoms with Crippen molar-refractivity contribution >= 4 is 5.78 Å². The summed E-state index contributed by atoms with van der Waals surface area (Å²) in [5, 5.41) is 0. The molecular weight excluding hydrogens is 231 g/mol. The van der Waals surface area contributed by atoms with Crippen LogP contribution in [0.4, 0.5) is 4.39 Å². The molecule has 1 saturated heterocycles. The third-order valence-corrected chi connectivity index (χ3v) is 3.45. The summed E-state index contributed by atoms with van der Waals surface area (Å²) in [6, 6.07) is 4.69. The summed E-state index contributed by atoms with van der Waals surface area (Å²) in [4.78, 5) is 11.9. The van der Waals surface area contributed by atoms with Crippen LogP contribution in [0, 0.1) is 12.7 Å². The van der Waals surface area contributed by atoms with E-state index in [1.807, 2.05) is 0 Å². The molecular formula is C15H19FO2. The Morgan fingerprint density at radius 2 is 2.33 bits per heavy atom. The molecule has 1 atom stereocenters. The highest BCUT2D eigenvalue weighted by atomic mass is 19.1. The zero-order valence-corrected chi connectivity index (χ0v) is 10.7. The quantitative estimate of drug-likeness (QED) is 0.745. The molecule has 0 aromatic heterocycles. The summed E-state index contributed by atoms with van der Waals surface area (Å²) in [6.07, 6.45) is 4.78. The lowest BCUT2D eigenvalue weighted by Crippen LogP contribution is -2.07. The lowest BCUT2D eigenvalue weighted by atomic mass is 10.0. The van der Waals surface area contributed by atoms with E-state index in [4.69, 9.17) is 4.74 Å². The fraction of sp³-hybridized carbons (Fsp3) is 0.533. The maximum Gasteiger partial charge on any atom is 0.162 e. The van der Waals surface area contributed by atoms with Crippen LogP contribution >= 0.6 is 0 Å². The molecule has 2 rings (SSSR count). The highest BCUT2D eigenvalue weighted by Crippen LogP contribution is 2.19. The third kappa shape index (κ3) is 3.39. The average molecular weight is 250 g/mol. The van der Waals surface area contributed by atoms with Gasteiger partial charge in [0.1, 0.15) is 5.82 Å². The standard InChI is InChI=1S/C15H19FO2/c1-11-7-8-12(10-14(11)16)15(17)6-2-4-13-5-3-9-18-13/h7-8,10,13H,2-6,9H2,1H3. The molecule has 1 unspecified atom stereocenters. The van der Waals surface area contributed by atoms with Crippen molar-refractivity contribution in [1.82, 2.24) is 0 Å². The number of carbonyl (C=O) groups is 1. The second kappa shape index (κ2) is 6.10. The van der Waals surface area contributed by atoms with E-state index in [2.05, 4.69) is 0 Å². The number of ether oxygens (including phenoxy) is 1. The van der Waals surface area contributed by atoms with Crippen molar-refractivity contribution in [3.63, 3.8) is 0 Å². The van der Waals surface area contributed by atoms with Crippen molar-refractivity contribution in [3.05, 3.63) is 35.1 Å². The van der Waals surface area contributed by atoms with Gasteiger partial charge in [-0.05, 0) is 44.2 Å². The molecule has 0 bridgehead atoms. The number of carbonyl (C=O) groups excluding carboxylic acids is 1. The normalized spacial score (nSPS) is 19.1. The van der Waals surface area contributed by atoms with Gasteiger partial charge in [-0.3, -0.25) is 4.79 Å². The van der Waals surface area contributed by atoms with E-state index >= 15 is 0 Å². The second-order valence-corrected chi connectivity index (χ2v) is 4.91. The molecule has 1 aliphatic heterocycles. The molecule has 98 valence electrons. The minimum Gasteiger partial charge on any atom is -0.378 e. The number of aryl methyl sites for hydroxylation is 1. The van der Waals surface area contributed by atoms with Gasteiger partial charge in [0.05, 0.1) is 6.10 Å². The van der Waals surface area contributed by atoms with E-state index < -0.39 is 0 Å². The molecule has 18 heavy (non-hydrogen) atoms. The third-order valence-electron chi connectivity index (χ3n) is 3.45. The first-order valence-corrected chi connectivity index (χ1v) is 6.58. The van der Waals surface area contributed by atoms with Crippen LogP contribution in [-0.4, -0.2) is 18.5 Å². The predicted octanol–water partition coefficient (Wildman–Crippen LogP) is 3.67. The molecule has 2 nitrogen and oxygen atoms in total. The van der Waals surface area contributed by atoms with Crippen molar-refractivity contribution in [3.8, 4) is 0 Å². The lowest BCUT2D eigenvalue weighted by molar-refractivity contribution is 0.0922. The Kier molecular flexibility index (Phi) is 4.48. The Labute approximate surface area is 107 Å². The Morgan fingerprint density at radius 3 is 3.00 bits per heavy atom. The van der Waals surface area contributed by atoms with Crippen molar-refractivity contribution in [2.45, 2.75) is 45.1 Å². The Morgan fingerprint density at radius 1 is 1.50 bits per heavy atom. The zero-order chi connectivity index (χ0) is 13.0. The van der Waals surface area contributed by atoms with E-state index in [1.165, 1.54) is 6.07 Å². The lowest BCUT2D eigenvalue weighted by Gasteiger charge is -2.08. The largest absolute Gasteiger partial charge is 0.378 e. The van der Waals surface area contributed by atoms with Crippen LogP contribution in [0.25, 0.3) is 0 Å². The summed E-state index contributed by atoms with van der Waals surface area (Å²) in [5.41, 5.74) is 1.05. The molecule has 0 radical (unpaired) electrons. The first-order valence-electron chi connectivity index (χ1n) is 6.58. The molecule has 1 aromatic rings. The summed E-state index contributed by atoms with van der Waals surface area (Å²) >= 11 is 0. The molecule has 1 heterocycles. The minimum atomic E-state index is -0.306. The maximum atomic E-state index is 13.3. The van der Waals surface area contributed by atoms with Gasteiger partial charge in [0, 0.05) is 18.6 Å². The van der Waals surface area contributed by atoms with Crippen molar-refractivity contribution in [1.29, 1.82) is 0 Å². The number of hydrogen-bond acceptors (Lipinski definition) is 2. The van der Waals surface area contributed by atoms with Gasteiger partial charge in [-0.1, -0.05) is 12.1 Å². The smallest absolute Gasteiger partial charge is 0.162 e. The molecule has 1 aliphatic rings. The van der Waals surface area contributed by atoms with Gasteiger partial charge in [-0.15, -0.1) is 0 Å². The number of ketones is 1. The summed E-state index contributed by atoms with van der Waals surface area (Å²) in [6.45, 7) is 2.54. The van der Waals surface area contributed by atoms with Crippen molar-refractivity contribution < 1.29 is 13.9 Å². The Bertz CT molecular complexity index is 423. The van der Waals surface area contributed by atoms with Crippen LogP contribution in [0.15, 0.2) is 18.2 Å². The summed E-state index contributed by atoms with van der Waals surface area (Å²) in [7, 11) is 0. The van der Waals surface area contributed by atoms with Crippen LogP contribution in [0.2, 0.25) is 0 Å². The summed E-state index contributed by atoms with van der Waals surface area (Å²) < 4.78 is 18.8. The highest BCUT2D eigenvalue weighted by molar-refractivity contribution is 5.96. The Hall–Kier alpha value is -1.22. The van der Waals surface area contributed by atoms with E-state index in [0.717, 1.165) is 32.3 Å². The first kappa shape index (κ1) is 13.2. The van der Waals surface area contributed by atoms with Gasteiger partial charge >= 0.3 is 0 Å². The SMILES string of the molecule is Cc1ccc(C(=O)CCCC2CCCO2)cc1F.